The van der Waals surface area contributed by atoms with Crippen LogP contribution in [0.25, 0.3) is 0 Å². The molecule has 2 aromatic rings. The van der Waals surface area contributed by atoms with Gasteiger partial charge in [-0.3, -0.25) is 9.59 Å². The molecule has 0 unspecified atom stereocenters. The molecule has 4 nitrogen and oxygen atoms in total. The Morgan fingerprint density at radius 2 is 1.33 bits per heavy atom. The molecule has 3 rings (SSSR count). The molecular weight excluding hydrogens is 336 g/mol. The molecule has 0 aliphatic carbocycles. The summed E-state index contributed by atoms with van der Waals surface area (Å²) in [4.78, 5) is 29.1. The Kier molecular flexibility index (Phi) is 6.28. The van der Waals surface area contributed by atoms with Gasteiger partial charge in [-0.05, 0) is 44.4 Å². The van der Waals surface area contributed by atoms with Gasteiger partial charge in [0.05, 0.1) is 0 Å². The molecule has 0 saturated carbocycles. The van der Waals surface area contributed by atoms with E-state index in [1.807, 2.05) is 41.0 Å². The van der Waals surface area contributed by atoms with E-state index in [-0.39, 0.29) is 11.8 Å². The maximum absolute atomic E-state index is 12.7. The molecule has 1 aliphatic heterocycles. The van der Waals surface area contributed by atoms with Gasteiger partial charge in [0.25, 0.3) is 5.91 Å². The van der Waals surface area contributed by atoms with Crippen molar-refractivity contribution in [3.63, 3.8) is 0 Å². The van der Waals surface area contributed by atoms with Crippen molar-refractivity contribution in [3.05, 3.63) is 70.8 Å². The number of nitrogens with zero attached hydrogens (tertiary/aromatic N) is 2. The molecule has 0 radical (unpaired) electrons. The summed E-state index contributed by atoms with van der Waals surface area (Å²) in [5, 5.41) is 0. The van der Waals surface area contributed by atoms with Crippen LogP contribution >= 0.6 is 0 Å². The van der Waals surface area contributed by atoms with Gasteiger partial charge in [0, 0.05) is 38.2 Å². The predicted octanol–water partition coefficient (Wildman–Crippen LogP) is 3.61. The number of aryl methyl sites for hydroxylation is 3. The second-order valence-corrected chi connectivity index (χ2v) is 7.38. The molecule has 1 aliphatic rings. The molecule has 2 aromatic carbocycles. The van der Waals surface area contributed by atoms with Gasteiger partial charge < -0.3 is 9.80 Å². The lowest BCUT2D eigenvalue weighted by atomic mass is 10.1. The van der Waals surface area contributed by atoms with Gasteiger partial charge in [0.15, 0.2) is 0 Å². The summed E-state index contributed by atoms with van der Waals surface area (Å²) in [6, 6.07) is 16.0. The normalized spacial score (nSPS) is 14.7. The van der Waals surface area contributed by atoms with E-state index < -0.39 is 0 Å². The average molecular weight is 364 g/mol. The van der Waals surface area contributed by atoms with Crippen molar-refractivity contribution in [2.24, 2.45) is 0 Å². The second kappa shape index (κ2) is 8.85. The Morgan fingerprint density at radius 1 is 0.778 bits per heavy atom. The van der Waals surface area contributed by atoms with Gasteiger partial charge in [-0.25, -0.2) is 0 Å². The molecule has 142 valence electrons. The van der Waals surface area contributed by atoms with Crippen molar-refractivity contribution in [3.8, 4) is 0 Å². The van der Waals surface area contributed by atoms with E-state index in [1.165, 1.54) is 11.1 Å². The first-order valence-electron chi connectivity index (χ1n) is 9.72. The topological polar surface area (TPSA) is 40.6 Å². The van der Waals surface area contributed by atoms with Gasteiger partial charge in [-0.15, -0.1) is 0 Å². The molecule has 4 heteroatoms. The van der Waals surface area contributed by atoms with Crippen molar-refractivity contribution >= 4 is 11.8 Å². The van der Waals surface area contributed by atoms with E-state index in [2.05, 4.69) is 31.2 Å². The van der Waals surface area contributed by atoms with E-state index in [4.69, 9.17) is 0 Å². The highest BCUT2D eigenvalue weighted by molar-refractivity contribution is 5.94. The van der Waals surface area contributed by atoms with Gasteiger partial charge in [-0.1, -0.05) is 47.5 Å². The molecule has 0 N–H and O–H groups in total. The molecule has 1 fully saturated rings. The lowest BCUT2D eigenvalue weighted by molar-refractivity contribution is -0.131. The number of benzene rings is 2. The fraction of sp³-hybridized carbons (Fsp3) is 0.391. The molecule has 0 spiro atoms. The monoisotopic (exact) mass is 364 g/mol. The van der Waals surface area contributed by atoms with Crippen LogP contribution < -0.4 is 0 Å². The van der Waals surface area contributed by atoms with E-state index >= 15 is 0 Å². The average Bonchev–Trinajstić information content (AvgIpc) is 2.94. The van der Waals surface area contributed by atoms with Gasteiger partial charge >= 0.3 is 0 Å². The summed E-state index contributed by atoms with van der Waals surface area (Å²) < 4.78 is 0. The third-order valence-electron chi connectivity index (χ3n) is 5.18. The summed E-state index contributed by atoms with van der Waals surface area (Å²) in [6.45, 7) is 6.72. The second-order valence-electron chi connectivity index (χ2n) is 7.38. The highest BCUT2D eigenvalue weighted by atomic mass is 16.2. The standard InChI is InChI=1S/C23H28N2O2/c1-18-4-8-20(9-5-18)10-13-22(26)24-14-3-15-25(17-16-24)23(27)21-11-6-19(2)7-12-21/h4-9,11-12H,3,10,13-17H2,1-2H3. The maximum atomic E-state index is 12.7. The number of hydrogen-bond acceptors (Lipinski definition) is 2. The Balaban J connectivity index is 1.52. The zero-order valence-corrected chi connectivity index (χ0v) is 16.3. The summed E-state index contributed by atoms with van der Waals surface area (Å²) in [5.74, 6) is 0.240. The summed E-state index contributed by atoms with van der Waals surface area (Å²) in [7, 11) is 0. The summed E-state index contributed by atoms with van der Waals surface area (Å²) >= 11 is 0. The number of amides is 2. The Morgan fingerprint density at radius 3 is 2.00 bits per heavy atom. The van der Waals surface area contributed by atoms with Gasteiger partial charge in [0.2, 0.25) is 5.91 Å². The first-order chi connectivity index (χ1) is 13.0. The fourth-order valence-corrected chi connectivity index (χ4v) is 3.41. The summed E-state index contributed by atoms with van der Waals surface area (Å²) in [6.07, 6.45) is 2.12. The zero-order valence-electron chi connectivity index (χ0n) is 16.3. The van der Waals surface area contributed by atoms with Crippen LogP contribution in [-0.2, 0) is 11.2 Å². The molecule has 1 heterocycles. The molecule has 0 aromatic heterocycles. The van der Waals surface area contributed by atoms with Crippen molar-refractivity contribution in [1.29, 1.82) is 0 Å². The maximum Gasteiger partial charge on any atom is 0.253 e. The SMILES string of the molecule is Cc1ccc(CCC(=O)N2CCCN(C(=O)c3ccc(C)cc3)CC2)cc1. The highest BCUT2D eigenvalue weighted by Crippen LogP contribution is 2.12. The van der Waals surface area contributed by atoms with Crippen molar-refractivity contribution in [1.82, 2.24) is 9.80 Å². The minimum absolute atomic E-state index is 0.0592. The molecule has 0 bridgehead atoms. The quantitative estimate of drug-likeness (QED) is 0.831. The zero-order chi connectivity index (χ0) is 19.2. The Hall–Kier alpha value is -2.62. The molecular formula is C23H28N2O2. The highest BCUT2D eigenvalue weighted by Gasteiger charge is 2.22. The number of carbonyl (C=O) groups is 2. The third kappa shape index (κ3) is 5.19. The van der Waals surface area contributed by atoms with Crippen LogP contribution in [0.3, 0.4) is 0 Å². The van der Waals surface area contributed by atoms with Gasteiger partial charge in [0.1, 0.15) is 0 Å². The number of carbonyl (C=O) groups excluding carboxylic acids is 2. The van der Waals surface area contributed by atoms with Crippen LogP contribution in [0.5, 0.6) is 0 Å². The van der Waals surface area contributed by atoms with Crippen LogP contribution in [0.4, 0.5) is 0 Å². The lowest BCUT2D eigenvalue weighted by Crippen LogP contribution is -2.37. The fourth-order valence-electron chi connectivity index (χ4n) is 3.41. The van der Waals surface area contributed by atoms with E-state index in [1.54, 1.807) is 0 Å². The van der Waals surface area contributed by atoms with Crippen LogP contribution in [0.15, 0.2) is 48.5 Å². The van der Waals surface area contributed by atoms with Crippen LogP contribution in [-0.4, -0.2) is 47.8 Å². The first-order valence-corrected chi connectivity index (χ1v) is 9.72. The molecule has 2 amide bonds. The largest absolute Gasteiger partial charge is 0.341 e. The number of rotatable bonds is 4. The van der Waals surface area contributed by atoms with Crippen LogP contribution in [0, 0.1) is 13.8 Å². The summed E-state index contributed by atoms with van der Waals surface area (Å²) in [5.41, 5.74) is 4.29. The Labute approximate surface area is 161 Å². The van der Waals surface area contributed by atoms with E-state index in [0.717, 1.165) is 30.5 Å². The smallest absolute Gasteiger partial charge is 0.253 e. The molecule has 0 atom stereocenters. The van der Waals surface area contributed by atoms with Crippen molar-refractivity contribution in [2.45, 2.75) is 33.1 Å². The minimum atomic E-state index is 0.0592. The Bertz CT molecular complexity index is 781. The van der Waals surface area contributed by atoms with E-state index in [0.29, 0.717) is 26.1 Å². The van der Waals surface area contributed by atoms with Gasteiger partial charge in [-0.2, -0.15) is 0 Å². The lowest BCUT2D eigenvalue weighted by Gasteiger charge is -2.22. The molecule has 27 heavy (non-hydrogen) atoms. The van der Waals surface area contributed by atoms with Crippen LogP contribution in [0.1, 0.15) is 39.9 Å². The predicted molar refractivity (Wildman–Crippen MR) is 108 cm³/mol. The third-order valence-corrected chi connectivity index (χ3v) is 5.18. The minimum Gasteiger partial charge on any atom is -0.341 e. The van der Waals surface area contributed by atoms with Crippen molar-refractivity contribution < 1.29 is 9.59 Å². The van der Waals surface area contributed by atoms with Crippen molar-refractivity contribution in [2.75, 3.05) is 26.2 Å². The van der Waals surface area contributed by atoms with Crippen LogP contribution in [0.2, 0.25) is 0 Å². The van der Waals surface area contributed by atoms with E-state index in [9.17, 15) is 9.59 Å². The first kappa shape index (κ1) is 19.2. The number of hydrogen-bond donors (Lipinski definition) is 0. The molecule has 1 saturated heterocycles.